The van der Waals surface area contributed by atoms with E-state index in [2.05, 4.69) is 5.32 Å². The van der Waals surface area contributed by atoms with Crippen LogP contribution in [0.5, 0.6) is 0 Å². The van der Waals surface area contributed by atoms with Crippen LogP contribution < -0.4 is 5.32 Å². The zero-order chi connectivity index (χ0) is 14.2. The second-order valence-electron chi connectivity index (χ2n) is 4.27. The minimum atomic E-state index is -1.31. The molecule has 6 nitrogen and oxygen atoms in total. The minimum Gasteiger partial charge on any atom is -0.336 e. The van der Waals surface area contributed by atoms with E-state index in [9.17, 15) is 23.7 Å². The van der Waals surface area contributed by atoms with Gasteiger partial charge in [-0.1, -0.05) is 0 Å². The van der Waals surface area contributed by atoms with Crippen LogP contribution in [0.25, 0.3) is 0 Å². The van der Waals surface area contributed by atoms with Crippen molar-refractivity contribution < 1.29 is 18.5 Å². The Labute approximate surface area is 107 Å². The van der Waals surface area contributed by atoms with Gasteiger partial charge in [-0.2, -0.15) is 4.39 Å². The number of nitro groups is 1. The second-order valence-corrected chi connectivity index (χ2v) is 4.27. The van der Waals surface area contributed by atoms with Gasteiger partial charge < -0.3 is 10.2 Å². The third kappa shape index (κ3) is 2.39. The highest BCUT2D eigenvalue weighted by molar-refractivity contribution is 5.95. The molecule has 0 unspecified atom stereocenters. The molecule has 0 aromatic heterocycles. The van der Waals surface area contributed by atoms with Crippen LogP contribution >= 0.6 is 0 Å². The van der Waals surface area contributed by atoms with E-state index < -0.39 is 33.7 Å². The topological polar surface area (TPSA) is 75.5 Å². The summed E-state index contributed by atoms with van der Waals surface area (Å²) in [7, 11) is 1.45. The highest BCUT2D eigenvalue weighted by Crippen LogP contribution is 2.24. The molecule has 0 radical (unpaired) electrons. The molecule has 0 bridgehead atoms. The van der Waals surface area contributed by atoms with Crippen molar-refractivity contribution in [3.8, 4) is 0 Å². The van der Waals surface area contributed by atoms with Crippen molar-refractivity contribution in [2.75, 3.05) is 20.1 Å². The van der Waals surface area contributed by atoms with Gasteiger partial charge in [-0.25, -0.2) is 4.39 Å². The van der Waals surface area contributed by atoms with E-state index >= 15 is 0 Å². The van der Waals surface area contributed by atoms with E-state index in [1.54, 1.807) is 0 Å². The highest BCUT2D eigenvalue weighted by Gasteiger charge is 2.30. The molecule has 1 aromatic carbocycles. The van der Waals surface area contributed by atoms with Gasteiger partial charge in [0.05, 0.1) is 22.6 Å². The number of carbonyl (C=O) groups is 1. The van der Waals surface area contributed by atoms with Crippen molar-refractivity contribution in [1.29, 1.82) is 0 Å². The van der Waals surface area contributed by atoms with Gasteiger partial charge in [0, 0.05) is 20.1 Å². The summed E-state index contributed by atoms with van der Waals surface area (Å²) < 4.78 is 27.1. The Morgan fingerprint density at radius 1 is 1.47 bits per heavy atom. The first-order chi connectivity index (χ1) is 8.91. The SMILES string of the molecule is CN(C(=O)c1cc(F)cc([N+](=O)[O-])c1F)C1CNC1. The molecule has 1 aliphatic heterocycles. The predicted octanol–water partition coefficient (Wildman–Crippen LogP) is 0.917. The summed E-state index contributed by atoms with van der Waals surface area (Å²) in [6.45, 7) is 1.11. The van der Waals surface area contributed by atoms with E-state index in [1.165, 1.54) is 11.9 Å². The lowest BCUT2D eigenvalue weighted by molar-refractivity contribution is -0.387. The predicted molar refractivity (Wildman–Crippen MR) is 61.8 cm³/mol. The Kier molecular flexibility index (Phi) is 3.43. The van der Waals surface area contributed by atoms with Gasteiger partial charge in [0.25, 0.3) is 5.91 Å². The van der Waals surface area contributed by atoms with Crippen LogP contribution in [0.3, 0.4) is 0 Å². The first kappa shape index (κ1) is 13.3. The van der Waals surface area contributed by atoms with Crippen LogP contribution in [0.2, 0.25) is 0 Å². The lowest BCUT2D eigenvalue weighted by Crippen LogP contribution is -2.57. The molecule has 8 heteroatoms. The van der Waals surface area contributed by atoms with Gasteiger partial charge in [-0.15, -0.1) is 0 Å². The van der Waals surface area contributed by atoms with Crippen LogP contribution in [0.4, 0.5) is 14.5 Å². The largest absolute Gasteiger partial charge is 0.336 e. The maximum Gasteiger partial charge on any atom is 0.308 e. The first-order valence-corrected chi connectivity index (χ1v) is 5.53. The molecule has 0 atom stereocenters. The number of carbonyl (C=O) groups excluding carboxylic acids is 1. The van der Waals surface area contributed by atoms with Gasteiger partial charge in [-0.3, -0.25) is 14.9 Å². The fourth-order valence-corrected chi connectivity index (χ4v) is 1.77. The number of likely N-dealkylation sites (N-methyl/N-ethyl adjacent to an activating group) is 1. The summed E-state index contributed by atoms with van der Waals surface area (Å²) >= 11 is 0. The van der Waals surface area contributed by atoms with Crippen LogP contribution in [0.1, 0.15) is 10.4 Å². The number of hydrogen-bond donors (Lipinski definition) is 1. The number of nitro benzene ring substituents is 1. The van der Waals surface area contributed by atoms with E-state index in [-0.39, 0.29) is 6.04 Å². The molecular formula is C11H11F2N3O3. The van der Waals surface area contributed by atoms with Crippen molar-refractivity contribution in [2.45, 2.75) is 6.04 Å². The molecule has 1 saturated heterocycles. The average molecular weight is 271 g/mol. The van der Waals surface area contributed by atoms with Crippen molar-refractivity contribution in [3.63, 3.8) is 0 Å². The zero-order valence-corrected chi connectivity index (χ0v) is 10.0. The Morgan fingerprint density at radius 3 is 2.58 bits per heavy atom. The van der Waals surface area contributed by atoms with Crippen molar-refractivity contribution in [1.82, 2.24) is 10.2 Å². The second kappa shape index (κ2) is 4.88. The molecule has 1 fully saturated rings. The molecule has 1 amide bonds. The van der Waals surface area contributed by atoms with Gasteiger partial charge in [0.2, 0.25) is 5.82 Å². The summed E-state index contributed by atoms with van der Waals surface area (Å²) in [4.78, 5) is 22.8. The number of rotatable bonds is 3. The van der Waals surface area contributed by atoms with Gasteiger partial charge in [-0.05, 0) is 6.07 Å². The molecule has 2 rings (SSSR count). The highest BCUT2D eigenvalue weighted by atomic mass is 19.1. The number of halogens is 2. The summed E-state index contributed by atoms with van der Waals surface area (Å²) in [6, 6.07) is 1.01. The molecule has 1 N–H and O–H groups in total. The van der Waals surface area contributed by atoms with Crippen LogP contribution in [-0.2, 0) is 0 Å². The van der Waals surface area contributed by atoms with Crippen LogP contribution in [0, 0.1) is 21.7 Å². The Balaban J connectivity index is 2.38. The van der Waals surface area contributed by atoms with E-state index in [4.69, 9.17) is 0 Å². The Bertz CT molecular complexity index is 546. The number of amides is 1. The molecule has 0 saturated carbocycles. The summed E-state index contributed by atoms with van der Waals surface area (Å²) in [5.74, 6) is -3.10. The average Bonchev–Trinajstić information content (AvgIpc) is 2.28. The van der Waals surface area contributed by atoms with Gasteiger partial charge >= 0.3 is 5.69 Å². The van der Waals surface area contributed by atoms with Crippen molar-refractivity contribution in [3.05, 3.63) is 39.4 Å². The van der Waals surface area contributed by atoms with E-state index in [1.807, 2.05) is 0 Å². The number of benzene rings is 1. The summed E-state index contributed by atoms with van der Waals surface area (Å²) in [5.41, 5.74) is -1.66. The monoisotopic (exact) mass is 271 g/mol. The third-order valence-corrected chi connectivity index (χ3v) is 3.07. The molecule has 0 spiro atoms. The summed E-state index contributed by atoms with van der Waals surface area (Å²) in [5, 5.41) is 13.5. The standard InChI is InChI=1S/C11H11F2N3O3/c1-15(7-4-14-5-7)11(17)8-2-6(12)3-9(10(8)13)16(18)19/h2-3,7,14H,4-5H2,1H3. The molecule has 1 aliphatic rings. The molecule has 19 heavy (non-hydrogen) atoms. The van der Waals surface area contributed by atoms with Crippen molar-refractivity contribution >= 4 is 11.6 Å². The quantitative estimate of drug-likeness (QED) is 0.655. The molecular weight excluding hydrogens is 260 g/mol. The zero-order valence-electron chi connectivity index (χ0n) is 10.0. The van der Waals surface area contributed by atoms with E-state index in [0.717, 1.165) is 0 Å². The third-order valence-electron chi connectivity index (χ3n) is 3.07. The molecule has 1 aromatic rings. The maximum absolute atomic E-state index is 13.8. The normalized spacial score (nSPS) is 14.9. The van der Waals surface area contributed by atoms with E-state index in [0.29, 0.717) is 25.2 Å². The minimum absolute atomic E-state index is 0.116. The fraction of sp³-hybridized carbons (Fsp3) is 0.364. The molecule has 102 valence electrons. The maximum atomic E-state index is 13.8. The number of hydrogen-bond acceptors (Lipinski definition) is 4. The fourth-order valence-electron chi connectivity index (χ4n) is 1.77. The van der Waals surface area contributed by atoms with Crippen LogP contribution in [0.15, 0.2) is 12.1 Å². The lowest BCUT2D eigenvalue weighted by atomic mass is 10.1. The smallest absolute Gasteiger partial charge is 0.308 e. The Morgan fingerprint density at radius 2 is 2.11 bits per heavy atom. The van der Waals surface area contributed by atoms with Crippen LogP contribution in [-0.4, -0.2) is 41.9 Å². The molecule has 0 aliphatic carbocycles. The number of nitrogens with one attached hydrogen (secondary N) is 1. The number of nitrogens with zero attached hydrogens (tertiary/aromatic N) is 2. The Hall–Kier alpha value is -2.09. The van der Waals surface area contributed by atoms with Gasteiger partial charge in [0.15, 0.2) is 0 Å². The first-order valence-electron chi connectivity index (χ1n) is 5.53. The molecule has 1 heterocycles. The summed E-state index contributed by atoms with van der Waals surface area (Å²) in [6.07, 6.45) is 0. The lowest BCUT2D eigenvalue weighted by Gasteiger charge is -2.35. The van der Waals surface area contributed by atoms with Crippen molar-refractivity contribution in [2.24, 2.45) is 0 Å². The van der Waals surface area contributed by atoms with Gasteiger partial charge in [0.1, 0.15) is 5.82 Å².